The van der Waals surface area contributed by atoms with Gasteiger partial charge in [0.15, 0.2) is 6.29 Å². The highest BCUT2D eigenvalue weighted by molar-refractivity contribution is 5.82. The smallest absolute Gasteiger partial charge is 0.150 e. The number of benzene rings is 1. The van der Waals surface area contributed by atoms with Crippen molar-refractivity contribution >= 4 is 12.4 Å². The second-order valence-corrected chi connectivity index (χ2v) is 3.23. The normalized spacial score (nSPS) is 10.5. The van der Waals surface area contributed by atoms with E-state index in [-0.39, 0.29) is 0 Å². The quantitative estimate of drug-likeness (QED) is 0.712. The van der Waals surface area contributed by atoms with Crippen LogP contribution >= 0.6 is 0 Å². The van der Waals surface area contributed by atoms with E-state index in [0.717, 1.165) is 18.4 Å². The summed E-state index contributed by atoms with van der Waals surface area (Å²) in [4.78, 5) is 10.8. The molecule has 0 radical (unpaired) electrons. The van der Waals surface area contributed by atoms with Crippen molar-refractivity contribution in [1.29, 1.82) is 0 Å². The van der Waals surface area contributed by atoms with Crippen LogP contribution in [0.1, 0.15) is 21.5 Å². The fraction of sp³-hybridized carbons (Fsp3) is 0.250. The maximum absolute atomic E-state index is 10.8. The molecule has 0 saturated carbocycles. The number of rotatable bonds is 5. The van der Waals surface area contributed by atoms with E-state index in [1.165, 1.54) is 5.56 Å². The van der Waals surface area contributed by atoms with Gasteiger partial charge in [-0.25, -0.2) is 0 Å². The molecule has 0 atom stereocenters. The predicted molar refractivity (Wildman–Crippen MR) is 62.7 cm³/mol. The van der Waals surface area contributed by atoms with Gasteiger partial charge in [-0.2, -0.15) is 0 Å². The molecule has 1 aromatic rings. The average molecular weight is 204 g/mol. The Morgan fingerprint density at radius 2 is 2.07 bits per heavy atom. The van der Waals surface area contributed by atoms with E-state index in [2.05, 4.69) is 10.6 Å². The molecule has 0 fully saturated rings. The Morgan fingerprint density at radius 3 is 2.67 bits per heavy atom. The second-order valence-electron chi connectivity index (χ2n) is 3.23. The van der Waals surface area contributed by atoms with Gasteiger partial charge in [0.2, 0.25) is 0 Å². The van der Waals surface area contributed by atoms with Gasteiger partial charge < -0.3 is 10.6 Å². The fourth-order valence-corrected chi connectivity index (χ4v) is 1.36. The second kappa shape index (κ2) is 5.98. The molecule has 0 aliphatic carbocycles. The number of aldehydes is 1. The minimum absolute atomic E-state index is 0.710. The van der Waals surface area contributed by atoms with Crippen LogP contribution in [0.25, 0.3) is 6.08 Å². The van der Waals surface area contributed by atoms with Crippen molar-refractivity contribution in [2.45, 2.75) is 6.54 Å². The first-order valence-corrected chi connectivity index (χ1v) is 4.88. The summed E-state index contributed by atoms with van der Waals surface area (Å²) in [5.41, 5.74) is 2.81. The molecule has 3 heteroatoms. The number of nitrogens with one attached hydrogen (secondary N) is 2. The zero-order valence-electron chi connectivity index (χ0n) is 9.08. The van der Waals surface area contributed by atoms with Crippen molar-refractivity contribution in [2.75, 3.05) is 14.1 Å². The maximum Gasteiger partial charge on any atom is 0.150 e. The Bertz CT molecular complexity index is 359. The molecular formula is C12H16N2O. The van der Waals surface area contributed by atoms with Crippen molar-refractivity contribution in [1.82, 2.24) is 10.6 Å². The molecule has 2 N–H and O–H groups in total. The zero-order chi connectivity index (χ0) is 11.1. The SMILES string of the molecule is CN/C=C\c1cc(CNC)ccc1C=O. The van der Waals surface area contributed by atoms with E-state index >= 15 is 0 Å². The van der Waals surface area contributed by atoms with Crippen LogP contribution in [0, 0.1) is 0 Å². The third-order valence-electron chi connectivity index (χ3n) is 2.09. The Labute approximate surface area is 90.2 Å². The van der Waals surface area contributed by atoms with Gasteiger partial charge in [0.05, 0.1) is 0 Å². The lowest BCUT2D eigenvalue weighted by Gasteiger charge is -2.04. The first-order chi connectivity index (χ1) is 7.31. The lowest BCUT2D eigenvalue weighted by molar-refractivity contribution is 0.112. The summed E-state index contributed by atoms with van der Waals surface area (Å²) in [7, 11) is 3.73. The minimum atomic E-state index is 0.710. The number of carbonyl (C=O) groups is 1. The largest absolute Gasteiger partial charge is 0.394 e. The van der Waals surface area contributed by atoms with Gasteiger partial charge in [-0.3, -0.25) is 4.79 Å². The van der Waals surface area contributed by atoms with Crippen LogP contribution in [0.4, 0.5) is 0 Å². The predicted octanol–water partition coefficient (Wildman–Crippen LogP) is 1.41. The molecule has 0 aliphatic rings. The van der Waals surface area contributed by atoms with E-state index in [1.807, 2.05) is 44.6 Å². The third-order valence-corrected chi connectivity index (χ3v) is 2.09. The highest BCUT2D eigenvalue weighted by Crippen LogP contribution is 2.12. The molecule has 0 heterocycles. The van der Waals surface area contributed by atoms with Crippen molar-refractivity contribution in [3.63, 3.8) is 0 Å². The molecule has 15 heavy (non-hydrogen) atoms. The highest BCUT2D eigenvalue weighted by atomic mass is 16.1. The zero-order valence-corrected chi connectivity index (χ0v) is 9.08. The van der Waals surface area contributed by atoms with Crippen molar-refractivity contribution < 1.29 is 4.79 Å². The van der Waals surface area contributed by atoms with Crippen molar-refractivity contribution in [3.8, 4) is 0 Å². The van der Waals surface area contributed by atoms with Crippen LogP contribution in [-0.4, -0.2) is 20.4 Å². The molecule has 3 nitrogen and oxygen atoms in total. The molecule has 0 unspecified atom stereocenters. The summed E-state index contributed by atoms with van der Waals surface area (Å²) in [6.45, 7) is 0.805. The molecular weight excluding hydrogens is 188 g/mol. The van der Waals surface area contributed by atoms with Crippen LogP contribution in [0.5, 0.6) is 0 Å². The summed E-state index contributed by atoms with van der Waals surface area (Å²) in [6.07, 6.45) is 4.58. The van der Waals surface area contributed by atoms with E-state index in [4.69, 9.17) is 0 Å². The van der Waals surface area contributed by atoms with Gasteiger partial charge in [0, 0.05) is 19.2 Å². The first-order valence-electron chi connectivity index (χ1n) is 4.88. The fourth-order valence-electron chi connectivity index (χ4n) is 1.36. The van der Waals surface area contributed by atoms with Crippen molar-refractivity contribution in [2.24, 2.45) is 0 Å². The molecule has 0 aliphatic heterocycles. The summed E-state index contributed by atoms with van der Waals surface area (Å²) in [6, 6.07) is 5.81. The average Bonchev–Trinajstić information content (AvgIpc) is 2.27. The van der Waals surface area contributed by atoms with Crippen molar-refractivity contribution in [3.05, 3.63) is 41.1 Å². The molecule has 0 spiro atoms. The Hall–Kier alpha value is -1.61. The highest BCUT2D eigenvalue weighted by Gasteiger charge is 1.99. The Morgan fingerprint density at radius 1 is 1.27 bits per heavy atom. The van der Waals surface area contributed by atoms with Gasteiger partial charge >= 0.3 is 0 Å². The van der Waals surface area contributed by atoms with E-state index in [0.29, 0.717) is 5.56 Å². The standard InChI is InChI=1S/C12H16N2O/c1-13-6-5-11-7-10(8-14-2)3-4-12(11)9-15/h3-7,9,13-14H,8H2,1-2H3/b6-5-. The molecule has 0 saturated heterocycles. The van der Waals surface area contributed by atoms with Crippen LogP contribution in [-0.2, 0) is 6.54 Å². The topological polar surface area (TPSA) is 41.1 Å². The molecule has 1 rings (SSSR count). The number of carbonyl (C=O) groups excluding carboxylic acids is 1. The van der Waals surface area contributed by atoms with Gasteiger partial charge in [0.1, 0.15) is 0 Å². The lowest BCUT2D eigenvalue weighted by atomic mass is 10.0. The van der Waals surface area contributed by atoms with Crippen LogP contribution in [0.15, 0.2) is 24.4 Å². The van der Waals surface area contributed by atoms with Crippen LogP contribution < -0.4 is 10.6 Å². The molecule has 0 amide bonds. The van der Waals surface area contributed by atoms with Gasteiger partial charge in [-0.1, -0.05) is 12.1 Å². The number of hydrogen-bond donors (Lipinski definition) is 2. The van der Waals surface area contributed by atoms with Gasteiger partial charge in [-0.05, 0) is 36.5 Å². The summed E-state index contributed by atoms with van der Waals surface area (Å²) in [5, 5.41) is 5.98. The van der Waals surface area contributed by atoms with Crippen LogP contribution in [0.3, 0.4) is 0 Å². The first kappa shape index (κ1) is 11.5. The van der Waals surface area contributed by atoms with Gasteiger partial charge in [0.25, 0.3) is 0 Å². The maximum atomic E-state index is 10.8. The Kier molecular flexibility index (Phi) is 4.57. The van der Waals surface area contributed by atoms with Gasteiger partial charge in [-0.15, -0.1) is 0 Å². The third kappa shape index (κ3) is 3.22. The molecule has 80 valence electrons. The molecule has 0 aromatic heterocycles. The molecule has 0 bridgehead atoms. The summed E-state index contributed by atoms with van der Waals surface area (Å²) >= 11 is 0. The Balaban J connectivity index is 3.01. The lowest BCUT2D eigenvalue weighted by Crippen LogP contribution is -2.05. The monoisotopic (exact) mass is 204 g/mol. The summed E-state index contributed by atoms with van der Waals surface area (Å²) in [5.74, 6) is 0. The molecule has 1 aromatic carbocycles. The van der Waals surface area contributed by atoms with E-state index in [9.17, 15) is 4.79 Å². The van der Waals surface area contributed by atoms with E-state index in [1.54, 1.807) is 0 Å². The number of hydrogen-bond acceptors (Lipinski definition) is 3. The van der Waals surface area contributed by atoms with E-state index < -0.39 is 0 Å². The minimum Gasteiger partial charge on any atom is -0.394 e. The van der Waals surface area contributed by atoms with Crippen LogP contribution in [0.2, 0.25) is 0 Å². The summed E-state index contributed by atoms with van der Waals surface area (Å²) < 4.78 is 0.